The summed E-state index contributed by atoms with van der Waals surface area (Å²) < 4.78 is 13.7. The first-order chi connectivity index (χ1) is 8.91. The van der Waals surface area contributed by atoms with Crippen LogP contribution in [0, 0.1) is 25.4 Å². The zero-order chi connectivity index (χ0) is 14.4. The molecule has 4 nitrogen and oxygen atoms in total. The molecule has 0 radical (unpaired) electrons. The molecule has 106 valence electrons. The van der Waals surface area contributed by atoms with Gasteiger partial charge in [-0.3, -0.25) is 10.1 Å². The van der Waals surface area contributed by atoms with Gasteiger partial charge >= 0.3 is 0 Å². The summed E-state index contributed by atoms with van der Waals surface area (Å²) in [5.74, 6) is 0.223. The third-order valence-electron chi connectivity index (χ3n) is 2.76. The van der Waals surface area contributed by atoms with Gasteiger partial charge in [-0.1, -0.05) is 26.7 Å². The Labute approximate surface area is 126 Å². The molecule has 0 saturated heterocycles. The second kappa shape index (κ2) is 7.62. The number of nitrogens with zero attached hydrogens (tertiary/aromatic N) is 1. The van der Waals surface area contributed by atoms with Crippen molar-refractivity contribution in [2.24, 2.45) is 5.92 Å². The molecule has 1 rings (SSSR count). The molecule has 1 aromatic carbocycles. The zero-order valence-corrected chi connectivity index (χ0v) is 13.2. The van der Waals surface area contributed by atoms with Gasteiger partial charge in [0.05, 0.1) is 8.49 Å². The number of benzene rings is 1. The number of halogens is 2. The molecule has 0 aliphatic rings. The second-order valence-electron chi connectivity index (χ2n) is 4.86. The average Bonchev–Trinajstić information content (AvgIpc) is 2.32. The van der Waals surface area contributed by atoms with Crippen LogP contribution in [0.3, 0.4) is 0 Å². The molecule has 1 N–H and O–H groups in total. The van der Waals surface area contributed by atoms with Crippen LogP contribution in [0.1, 0.15) is 33.1 Å². The molecule has 1 aromatic rings. The largest absolute Gasteiger partial charge is 0.379 e. The van der Waals surface area contributed by atoms with Crippen molar-refractivity contribution in [2.75, 3.05) is 11.9 Å². The highest BCUT2D eigenvalue weighted by atomic mass is 127. The number of anilines is 1. The summed E-state index contributed by atoms with van der Waals surface area (Å²) in [5.41, 5.74) is 0.183. The van der Waals surface area contributed by atoms with Gasteiger partial charge < -0.3 is 5.32 Å². The van der Waals surface area contributed by atoms with Crippen LogP contribution in [-0.4, -0.2) is 11.5 Å². The summed E-state index contributed by atoms with van der Waals surface area (Å²) in [5, 5.41) is 13.9. The summed E-state index contributed by atoms with van der Waals surface area (Å²) in [6, 6.07) is 2.45. The van der Waals surface area contributed by atoms with E-state index in [0.717, 1.165) is 19.3 Å². The zero-order valence-electron chi connectivity index (χ0n) is 11.1. The van der Waals surface area contributed by atoms with Crippen LogP contribution in [0.4, 0.5) is 15.8 Å². The molecule has 0 amide bonds. The minimum Gasteiger partial charge on any atom is -0.379 e. The summed E-state index contributed by atoms with van der Waals surface area (Å²) in [4.78, 5) is 10.4. The van der Waals surface area contributed by atoms with Gasteiger partial charge in [0, 0.05) is 18.7 Å². The Balaban J connectivity index is 2.62. The van der Waals surface area contributed by atoms with Crippen LogP contribution in [0.25, 0.3) is 0 Å². The number of hydrogen-bond donors (Lipinski definition) is 1. The quantitative estimate of drug-likeness (QED) is 0.326. The Bertz CT molecular complexity index is 453. The van der Waals surface area contributed by atoms with E-state index in [9.17, 15) is 14.5 Å². The molecule has 6 heteroatoms. The number of nitro groups is 1. The topological polar surface area (TPSA) is 55.2 Å². The predicted molar refractivity (Wildman–Crippen MR) is 83.0 cm³/mol. The van der Waals surface area contributed by atoms with Crippen molar-refractivity contribution in [3.05, 3.63) is 31.6 Å². The lowest BCUT2D eigenvalue weighted by molar-refractivity contribution is -0.384. The monoisotopic (exact) mass is 380 g/mol. The minimum absolute atomic E-state index is 0.0744. The minimum atomic E-state index is -0.488. The summed E-state index contributed by atoms with van der Waals surface area (Å²) in [6.45, 7) is 4.94. The van der Waals surface area contributed by atoms with Crippen LogP contribution in [-0.2, 0) is 0 Å². The number of unbranched alkanes of at least 4 members (excludes halogenated alkanes) is 1. The fourth-order valence-electron chi connectivity index (χ4n) is 1.73. The van der Waals surface area contributed by atoms with E-state index in [0.29, 0.717) is 12.5 Å². The van der Waals surface area contributed by atoms with Gasteiger partial charge in [-0.15, -0.1) is 0 Å². The average molecular weight is 380 g/mol. The van der Waals surface area contributed by atoms with Crippen molar-refractivity contribution < 1.29 is 9.31 Å². The normalized spacial score (nSPS) is 10.8. The Kier molecular flexibility index (Phi) is 6.47. The lowest BCUT2D eigenvalue weighted by Gasteiger charge is -2.09. The molecule has 19 heavy (non-hydrogen) atoms. The maximum atomic E-state index is 13.4. The molecular formula is C13H18FIN2O2. The second-order valence-corrected chi connectivity index (χ2v) is 6.02. The smallest absolute Gasteiger partial charge is 0.293 e. The van der Waals surface area contributed by atoms with Crippen LogP contribution >= 0.6 is 22.6 Å². The SMILES string of the molecule is CC(C)CCCCNc1cc(F)c(I)cc1[N+](=O)[O-]. The molecule has 0 heterocycles. The van der Waals surface area contributed by atoms with Crippen molar-refractivity contribution in [1.29, 1.82) is 0 Å². The summed E-state index contributed by atoms with van der Waals surface area (Å²) >= 11 is 1.75. The van der Waals surface area contributed by atoms with Crippen LogP contribution in [0.5, 0.6) is 0 Å². The van der Waals surface area contributed by atoms with E-state index in [-0.39, 0.29) is 14.9 Å². The number of hydrogen-bond acceptors (Lipinski definition) is 3. The summed E-state index contributed by atoms with van der Waals surface area (Å²) in [7, 11) is 0. The highest BCUT2D eigenvalue weighted by Crippen LogP contribution is 2.28. The van der Waals surface area contributed by atoms with Gasteiger partial charge in [0.15, 0.2) is 0 Å². The molecule has 0 spiro atoms. The van der Waals surface area contributed by atoms with E-state index >= 15 is 0 Å². The Morgan fingerprint density at radius 3 is 2.68 bits per heavy atom. The molecule has 0 aliphatic heterocycles. The van der Waals surface area contributed by atoms with E-state index in [1.54, 1.807) is 22.6 Å². The molecule has 0 atom stereocenters. The van der Waals surface area contributed by atoms with E-state index in [2.05, 4.69) is 19.2 Å². The van der Waals surface area contributed by atoms with Crippen LogP contribution < -0.4 is 5.32 Å². The number of nitro benzene ring substituents is 1. The molecule has 0 bridgehead atoms. The number of nitrogens with one attached hydrogen (secondary N) is 1. The highest BCUT2D eigenvalue weighted by Gasteiger charge is 2.16. The first kappa shape index (κ1) is 16.1. The van der Waals surface area contributed by atoms with Crippen LogP contribution in [0.2, 0.25) is 0 Å². The van der Waals surface area contributed by atoms with Crippen molar-refractivity contribution >= 4 is 34.0 Å². The number of rotatable bonds is 7. The lowest BCUT2D eigenvalue weighted by Crippen LogP contribution is -2.06. The molecular weight excluding hydrogens is 362 g/mol. The maximum absolute atomic E-state index is 13.4. The molecule has 0 aliphatic carbocycles. The van der Waals surface area contributed by atoms with Gasteiger partial charge in [-0.2, -0.15) is 0 Å². The fraction of sp³-hybridized carbons (Fsp3) is 0.538. The Morgan fingerprint density at radius 1 is 1.42 bits per heavy atom. The lowest BCUT2D eigenvalue weighted by atomic mass is 10.1. The Hall–Kier alpha value is -0.920. The van der Waals surface area contributed by atoms with E-state index < -0.39 is 10.7 Å². The van der Waals surface area contributed by atoms with Gasteiger partial charge in [0.1, 0.15) is 11.5 Å². The Morgan fingerprint density at radius 2 is 2.11 bits per heavy atom. The summed E-state index contributed by atoms with van der Waals surface area (Å²) in [6.07, 6.45) is 3.11. The third kappa shape index (κ3) is 5.30. The standard InChI is InChI=1S/C13H18FIN2O2/c1-9(2)5-3-4-6-16-12-7-10(14)11(15)8-13(12)17(18)19/h7-9,16H,3-6H2,1-2H3. The van der Waals surface area contributed by atoms with Crippen LogP contribution in [0.15, 0.2) is 12.1 Å². The van der Waals surface area contributed by atoms with Crippen molar-refractivity contribution in [1.82, 2.24) is 0 Å². The van der Waals surface area contributed by atoms with Crippen molar-refractivity contribution in [3.63, 3.8) is 0 Å². The highest BCUT2D eigenvalue weighted by molar-refractivity contribution is 14.1. The maximum Gasteiger partial charge on any atom is 0.293 e. The first-order valence-electron chi connectivity index (χ1n) is 6.29. The van der Waals surface area contributed by atoms with Gasteiger partial charge in [0.2, 0.25) is 0 Å². The van der Waals surface area contributed by atoms with E-state index in [1.807, 2.05) is 0 Å². The third-order valence-corrected chi connectivity index (χ3v) is 3.59. The molecule has 0 saturated carbocycles. The fourth-order valence-corrected chi connectivity index (χ4v) is 2.18. The molecule has 0 aromatic heterocycles. The molecule has 0 unspecified atom stereocenters. The van der Waals surface area contributed by atoms with Crippen molar-refractivity contribution in [3.8, 4) is 0 Å². The molecule has 0 fully saturated rings. The van der Waals surface area contributed by atoms with Gasteiger partial charge in [0.25, 0.3) is 5.69 Å². The van der Waals surface area contributed by atoms with Gasteiger partial charge in [-0.05, 0) is 34.9 Å². The van der Waals surface area contributed by atoms with Gasteiger partial charge in [-0.25, -0.2) is 4.39 Å². The predicted octanol–water partition coefficient (Wildman–Crippen LogP) is 4.58. The van der Waals surface area contributed by atoms with Crippen molar-refractivity contribution in [2.45, 2.75) is 33.1 Å². The van der Waals surface area contributed by atoms with E-state index in [4.69, 9.17) is 0 Å². The first-order valence-corrected chi connectivity index (χ1v) is 7.37. The van der Waals surface area contributed by atoms with E-state index in [1.165, 1.54) is 12.1 Å².